The number of imidazole rings is 1. The molecule has 1 aliphatic rings. The summed E-state index contributed by atoms with van der Waals surface area (Å²) in [6.07, 6.45) is 4.43. The molecule has 1 unspecified atom stereocenters. The van der Waals surface area contributed by atoms with Crippen LogP contribution in [0.25, 0.3) is 17.1 Å². The minimum atomic E-state index is -1.47. The van der Waals surface area contributed by atoms with Crippen LogP contribution in [0.4, 0.5) is 19.1 Å². The van der Waals surface area contributed by atoms with Gasteiger partial charge in [0.1, 0.15) is 5.75 Å². The molecule has 1 aliphatic heterocycles. The van der Waals surface area contributed by atoms with Crippen LogP contribution in [0.1, 0.15) is 30.6 Å². The molecule has 34 heavy (non-hydrogen) atoms. The molecule has 0 spiro atoms. The molecule has 0 saturated heterocycles. The van der Waals surface area contributed by atoms with Crippen LogP contribution in [0.15, 0.2) is 42.9 Å². The van der Waals surface area contributed by atoms with Gasteiger partial charge in [0.15, 0.2) is 23.3 Å². The lowest BCUT2D eigenvalue weighted by Gasteiger charge is -2.34. The van der Waals surface area contributed by atoms with Crippen molar-refractivity contribution >= 4 is 5.95 Å². The number of halogens is 3. The summed E-state index contributed by atoms with van der Waals surface area (Å²) in [5, 5.41) is 8.80. The van der Waals surface area contributed by atoms with Gasteiger partial charge in [0, 0.05) is 24.8 Å². The van der Waals surface area contributed by atoms with Gasteiger partial charge in [-0.05, 0) is 56.2 Å². The van der Waals surface area contributed by atoms with Crippen LogP contribution < -0.4 is 9.64 Å². The summed E-state index contributed by atoms with van der Waals surface area (Å²) in [5.74, 6) is -1.97. The Bertz CT molecular complexity index is 1340. The smallest absolute Gasteiger partial charge is 0.228 e. The number of ether oxygens (including phenoxy) is 1. The number of rotatable bonds is 5. The zero-order valence-corrected chi connectivity index (χ0v) is 19.0. The molecular formula is C24H23F3N6O. The third-order valence-corrected chi connectivity index (χ3v) is 6.15. The minimum absolute atomic E-state index is 0.330. The lowest BCUT2D eigenvalue weighted by Crippen LogP contribution is -2.35. The number of aryl methyl sites for hydroxylation is 1. The van der Waals surface area contributed by atoms with Crippen LogP contribution in [-0.2, 0) is 6.54 Å². The van der Waals surface area contributed by atoms with E-state index in [-0.39, 0.29) is 0 Å². The molecule has 0 aliphatic carbocycles. The van der Waals surface area contributed by atoms with Gasteiger partial charge in [0.05, 0.1) is 30.9 Å². The van der Waals surface area contributed by atoms with Crippen LogP contribution in [0.2, 0.25) is 0 Å². The van der Waals surface area contributed by atoms with Crippen LogP contribution in [0.3, 0.4) is 0 Å². The van der Waals surface area contributed by atoms with E-state index in [9.17, 15) is 13.2 Å². The van der Waals surface area contributed by atoms with Gasteiger partial charge >= 0.3 is 0 Å². The summed E-state index contributed by atoms with van der Waals surface area (Å²) >= 11 is 0. The maximum atomic E-state index is 13.8. The molecule has 4 aromatic rings. The Labute approximate surface area is 194 Å². The van der Waals surface area contributed by atoms with Crippen molar-refractivity contribution in [3.8, 4) is 22.8 Å². The second-order valence-electron chi connectivity index (χ2n) is 8.31. The van der Waals surface area contributed by atoms with Crippen LogP contribution in [0.5, 0.6) is 5.75 Å². The molecule has 0 fully saturated rings. The monoisotopic (exact) mass is 468 g/mol. The van der Waals surface area contributed by atoms with Crippen molar-refractivity contribution in [1.29, 1.82) is 0 Å². The number of hydrogen-bond acceptors (Lipinski definition) is 5. The first kappa shape index (κ1) is 22.0. The summed E-state index contributed by atoms with van der Waals surface area (Å²) in [7, 11) is 1.61. The van der Waals surface area contributed by atoms with E-state index in [0.29, 0.717) is 36.2 Å². The van der Waals surface area contributed by atoms with E-state index >= 15 is 0 Å². The normalized spacial score (nSPS) is 14.2. The van der Waals surface area contributed by atoms with E-state index in [0.717, 1.165) is 35.5 Å². The molecule has 2 aromatic heterocycles. The van der Waals surface area contributed by atoms with Gasteiger partial charge in [-0.3, -0.25) is 4.57 Å². The SMILES string of the molecule is COc1cc(-c2nnc3n2CCCN3C(C)c2cc(F)c(F)c(F)c2)ccc1-n1cnc(C)c1. The first-order valence-electron chi connectivity index (χ1n) is 10.9. The highest BCUT2D eigenvalue weighted by Gasteiger charge is 2.28. The fraction of sp³-hybridized carbons (Fsp3) is 0.292. The van der Waals surface area contributed by atoms with Crippen molar-refractivity contribution in [2.45, 2.75) is 32.9 Å². The first-order chi connectivity index (χ1) is 16.4. The van der Waals surface area contributed by atoms with E-state index in [4.69, 9.17) is 4.74 Å². The average molecular weight is 468 g/mol. The molecule has 0 N–H and O–H groups in total. The van der Waals surface area contributed by atoms with Gasteiger partial charge in [0.2, 0.25) is 5.95 Å². The van der Waals surface area contributed by atoms with E-state index in [2.05, 4.69) is 15.2 Å². The Morgan fingerprint density at radius 3 is 2.47 bits per heavy atom. The number of anilines is 1. The molecule has 10 heteroatoms. The number of benzene rings is 2. The highest BCUT2D eigenvalue weighted by molar-refractivity contribution is 5.65. The van der Waals surface area contributed by atoms with Crippen molar-refractivity contribution in [2.75, 3.05) is 18.6 Å². The molecule has 3 heterocycles. The Hall–Kier alpha value is -3.82. The van der Waals surface area contributed by atoms with E-state index in [1.54, 1.807) is 20.4 Å². The number of nitrogens with zero attached hydrogens (tertiary/aromatic N) is 6. The fourth-order valence-electron chi connectivity index (χ4n) is 4.37. The first-order valence-corrected chi connectivity index (χ1v) is 10.9. The molecule has 176 valence electrons. The van der Waals surface area contributed by atoms with Crippen LogP contribution in [-0.4, -0.2) is 38.0 Å². The molecule has 5 rings (SSSR count). The lowest BCUT2D eigenvalue weighted by atomic mass is 10.1. The molecule has 0 saturated carbocycles. The standard InChI is InChI=1S/C24H23F3N6O/c1-14-12-31(13-28-14)20-6-5-16(11-21(20)34-3)23-29-30-24-32(7-4-8-33(23)24)15(2)17-9-18(25)22(27)19(26)10-17/h5-6,9-13,15H,4,7-8H2,1-3H3. The van der Waals surface area contributed by atoms with Gasteiger partial charge in [0.25, 0.3) is 0 Å². The fourth-order valence-corrected chi connectivity index (χ4v) is 4.37. The predicted molar refractivity (Wildman–Crippen MR) is 121 cm³/mol. The molecule has 2 aromatic carbocycles. The quantitative estimate of drug-likeness (QED) is 0.393. The average Bonchev–Trinajstić information content (AvgIpc) is 3.47. The molecule has 0 bridgehead atoms. The van der Waals surface area contributed by atoms with Gasteiger partial charge in [-0.2, -0.15) is 0 Å². The summed E-state index contributed by atoms with van der Waals surface area (Å²) in [4.78, 5) is 6.19. The van der Waals surface area contributed by atoms with Crippen molar-refractivity contribution in [3.63, 3.8) is 0 Å². The van der Waals surface area contributed by atoms with E-state index < -0.39 is 23.5 Å². The van der Waals surface area contributed by atoms with Crippen LogP contribution >= 0.6 is 0 Å². The molecule has 1 atom stereocenters. The zero-order chi connectivity index (χ0) is 24.0. The second kappa shape index (κ2) is 8.51. The molecule has 0 radical (unpaired) electrons. The van der Waals surface area contributed by atoms with Gasteiger partial charge in [-0.15, -0.1) is 10.2 Å². The summed E-state index contributed by atoms with van der Waals surface area (Å²) < 4.78 is 50.6. The Kier molecular flexibility index (Phi) is 5.51. The lowest BCUT2D eigenvalue weighted by molar-refractivity contribution is 0.413. The third kappa shape index (κ3) is 3.68. The van der Waals surface area contributed by atoms with Crippen molar-refractivity contribution in [1.82, 2.24) is 24.3 Å². The summed E-state index contributed by atoms with van der Waals surface area (Å²) in [6.45, 7) is 5.04. The number of hydrogen-bond donors (Lipinski definition) is 0. The largest absolute Gasteiger partial charge is 0.495 e. The second-order valence-corrected chi connectivity index (χ2v) is 8.31. The Balaban J connectivity index is 1.50. The number of aromatic nitrogens is 5. The summed E-state index contributed by atoms with van der Waals surface area (Å²) in [6, 6.07) is 7.40. The van der Waals surface area contributed by atoms with E-state index in [1.807, 2.05) is 45.4 Å². The van der Waals surface area contributed by atoms with E-state index in [1.165, 1.54) is 0 Å². The van der Waals surface area contributed by atoms with Crippen molar-refractivity contribution in [3.05, 3.63) is 71.6 Å². The zero-order valence-electron chi connectivity index (χ0n) is 19.0. The Morgan fingerprint density at radius 2 is 1.79 bits per heavy atom. The highest BCUT2D eigenvalue weighted by Crippen LogP contribution is 2.35. The third-order valence-electron chi connectivity index (χ3n) is 6.15. The van der Waals surface area contributed by atoms with Gasteiger partial charge < -0.3 is 14.2 Å². The predicted octanol–water partition coefficient (Wildman–Crippen LogP) is 4.84. The minimum Gasteiger partial charge on any atom is -0.495 e. The van der Waals surface area contributed by atoms with Crippen molar-refractivity contribution < 1.29 is 17.9 Å². The molecule has 0 amide bonds. The maximum Gasteiger partial charge on any atom is 0.228 e. The molecule has 7 nitrogen and oxygen atoms in total. The van der Waals surface area contributed by atoms with Gasteiger partial charge in [-0.1, -0.05) is 0 Å². The maximum absolute atomic E-state index is 13.8. The molecular weight excluding hydrogens is 445 g/mol. The Morgan fingerprint density at radius 1 is 1.03 bits per heavy atom. The van der Waals surface area contributed by atoms with Crippen LogP contribution in [0, 0.1) is 24.4 Å². The summed E-state index contributed by atoms with van der Waals surface area (Å²) in [5.41, 5.74) is 2.90. The van der Waals surface area contributed by atoms with Crippen molar-refractivity contribution in [2.24, 2.45) is 0 Å². The number of methoxy groups -OCH3 is 1. The number of fused-ring (bicyclic) bond motifs is 1. The van der Waals surface area contributed by atoms with Gasteiger partial charge in [-0.25, -0.2) is 18.2 Å². The topological polar surface area (TPSA) is 61.0 Å². The highest BCUT2D eigenvalue weighted by atomic mass is 19.2.